The molecule has 0 bridgehead atoms. The number of rotatable bonds is 14. The molecule has 6 unspecified atom stereocenters. The molecule has 0 fully saturated rings. The van der Waals surface area contributed by atoms with E-state index in [0.717, 1.165) is 50.0 Å². The van der Waals surface area contributed by atoms with Crippen LogP contribution < -0.4 is 4.74 Å². The molecule has 6 atom stereocenters. The van der Waals surface area contributed by atoms with E-state index in [4.69, 9.17) is 4.74 Å². The summed E-state index contributed by atoms with van der Waals surface area (Å²) in [4.78, 5) is 0. The van der Waals surface area contributed by atoms with Gasteiger partial charge in [-0.1, -0.05) is 107 Å². The van der Waals surface area contributed by atoms with Gasteiger partial charge in [-0.15, -0.1) is 0 Å². The van der Waals surface area contributed by atoms with Gasteiger partial charge in [-0.05, 0) is 107 Å². The largest absolute Gasteiger partial charge is 0.456 e. The highest BCUT2D eigenvalue weighted by molar-refractivity contribution is 5.55. The van der Waals surface area contributed by atoms with Gasteiger partial charge in [0.2, 0.25) is 0 Å². The molecular formula is C36H58O. The van der Waals surface area contributed by atoms with E-state index in [9.17, 15) is 0 Å². The van der Waals surface area contributed by atoms with Crippen LogP contribution in [0, 0.1) is 0 Å². The number of hydrogen-bond acceptors (Lipinski definition) is 1. The summed E-state index contributed by atoms with van der Waals surface area (Å²) in [7, 11) is 0. The van der Waals surface area contributed by atoms with Crippen LogP contribution in [0.2, 0.25) is 0 Å². The van der Waals surface area contributed by atoms with Crippen molar-refractivity contribution in [1.29, 1.82) is 0 Å². The fourth-order valence-corrected chi connectivity index (χ4v) is 5.12. The highest BCUT2D eigenvalue weighted by Crippen LogP contribution is 2.47. The van der Waals surface area contributed by atoms with Gasteiger partial charge >= 0.3 is 0 Å². The van der Waals surface area contributed by atoms with Gasteiger partial charge in [0.25, 0.3) is 0 Å². The lowest BCUT2D eigenvalue weighted by atomic mass is 9.83. The summed E-state index contributed by atoms with van der Waals surface area (Å²) >= 11 is 0. The SMILES string of the molecule is CCC(C)c1cc(C(C)CC)c(Oc2c(C(C)CC)cc(C(C)CC)cc2C(C)CC)c(C(C)CC)c1. The van der Waals surface area contributed by atoms with Gasteiger partial charge in [-0.3, -0.25) is 0 Å². The van der Waals surface area contributed by atoms with Crippen LogP contribution in [0.3, 0.4) is 0 Å². The third-order valence-electron chi connectivity index (χ3n) is 9.48. The summed E-state index contributed by atoms with van der Waals surface area (Å²) in [6.07, 6.45) is 6.78. The van der Waals surface area contributed by atoms with Crippen molar-refractivity contribution >= 4 is 0 Å². The molecule has 1 heteroatoms. The Hall–Kier alpha value is -1.76. The minimum absolute atomic E-state index is 0.459. The molecule has 0 aromatic heterocycles. The molecule has 0 heterocycles. The van der Waals surface area contributed by atoms with E-state index in [1.54, 1.807) is 0 Å². The lowest BCUT2D eigenvalue weighted by molar-refractivity contribution is 0.437. The van der Waals surface area contributed by atoms with Gasteiger partial charge in [-0.25, -0.2) is 0 Å². The fourth-order valence-electron chi connectivity index (χ4n) is 5.12. The Labute approximate surface area is 230 Å². The van der Waals surface area contributed by atoms with Crippen LogP contribution in [-0.4, -0.2) is 0 Å². The van der Waals surface area contributed by atoms with Crippen LogP contribution in [0.4, 0.5) is 0 Å². The van der Waals surface area contributed by atoms with Gasteiger partial charge in [0, 0.05) is 0 Å². The quantitative estimate of drug-likeness (QED) is 0.247. The summed E-state index contributed by atoms with van der Waals surface area (Å²) < 4.78 is 7.33. The fraction of sp³-hybridized carbons (Fsp3) is 0.667. The maximum Gasteiger partial charge on any atom is 0.134 e. The molecule has 2 rings (SSSR count). The average molecular weight is 507 g/mol. The van der Waals surface area contributed by atoms with Crippen LogP contribution in [0.15, 0.2) is 24.3 Å². The molecule has 0 aliphatic heterocycles. The van der Waals surface area contributed by atoms with Crippen molar-refractivity contribution in [3.63, 3.8) is 0 Å². The van der Waals surface area contributed by atoms with Gasteiger partial charge in [-0.2, -0.15) is 0 Å². The predicted molar refractivity (Wildman–Crippen MR) is 165 cm³/mol. The van der Waals surface area contributed by atoms with E-state index >= 15 is 0 Å². The number of ether oxygens (including phenoxy) is 1. The summed E-state index contributed by atoms with van der Waals surface area (Å²) in [5, 5.41) is 0. The van der Waals surface area contributed by atoms with Crippen molar-refractivity contribution in [2.75, 3.05) is 0 Å². The minimum atomic E-state index is 0.459. The molecule has 208 valence electrons. The molecule has 37 heavy (non-hydrogen) atoms. The second-order valence-corrected chi connectivity index (χ2v) is 12.0. The first-order valence-corrected chi connectivity index (χ1v) is 15.6. The van der Waals surface area contributed by atoms with E-state index in [0.29, 0.717) is 35.5 Å². The Morgan fingerprint density at radius 3 is 0.811 bits per heavy atom. The molecule has 0 aliphatic rings. The summed E-state index contributed by atoms with van der Waals surface area (Å²) in [5.74, 6) is 5.23. The molecule has 2 aromatic rings. The lowest BCUT2D eigenvalue weighted by Gasteiger charge is -2.29. The average Bonchev–Trinajstić information content (AvgIpc) is 2.94. The van der Waals surface area contributed by atoms with Crippen molar-refractivity contribution in [2.45, 2.75) is 157 Å². The molecule has 0 saturated carbocycles. The van der Waals surface area contributed by atoms with Crippen LogP contribution in [0.25, 0.3) is 0 Å². The third kappa shape index (κ3) is 7.21. The molecule has 2 aromatic carbocycles. The Morgan fingerprint density at radius 2 is 0.622 bits per heavy atom. The normalized spacial score (nSPS) is 16.6. The Bertz CT molecular complexity index is 845. The first-order valence-electron chi connectivity index (χ1n) is 15.6. The maximum absolute atomic E-state index is 7.33. The van der Waals surface area contributed by atoms with E-state index in [1.165, 1.54) is 33.4 Å². The molecule has 0 radical (unpaired) electrons. The van der Waals surface area contributed by atoms with E-state index in [-0.39, 0.29) is 0 Å². The van der Waals surface area contributed by atoms with Gasteiger partial charge in [0.05, 0.1) is 0 Å². The monoisotopic (exact) mass is 506 g/mol. The Morgan fingerprint density at radius 1 is 0.405 bits per heavy atom. The van der Waals surface area contributed by atoms with Crippen LogP contribution >= 0.6 is 0 Å². The zero-order chi connectivity index (χ0) is 27.9. The molecule has 1 nitrogen and oxygen atoms in total. The predicted octanol–water partition coefficient (Wildman–Crippen LogP) is 12.6. The lowest BCUT2D eigenvalue weighted by Crippen LogP contribution is -2.10. The smallest absolute Gasteiger partial charge is 0.134 e. The maximum atomic E-state index is 7.33. The van der Waals surface area contributed by atoms with Crippen LogP contribution in [-0.2, 0) is 0 Å². The zero-order valence-corrected chi connectivity index (χ0v) is 26.4. The second-order valence-electron chi connectivity index (χ2n) is 12.0. The first kappa shape index (κ1) is 31.5. The molecule has 0 N–H and O–H groups in total. The Kier molecular flexibility index (Phi) is 12.3. The van der Waals surface area contributed by atoms with E-state index < -0.39 is 0 Å². The van der Waals surface area contributed by atoms with Crippen molar-refractivity contribution in [3.8, 4) is 11.5 Å². The summed E-state index contributed by atoms with van der Waals surface area (Å²) in [6, 6.07) is 9.90. The van der Waals surface area contributed by atoms with E-state index in [2.05, 4.69) is 107 Å². The highest BCUT2D eigenvalue weighted by Gasteiger charge is 2.26. The van der Waals surface area contributed by atoms with E-state index in [1.807, 2.05) is 0 Å². The van der Waals surface area contributed by atoms with Crippen LogP contribution in [0.5, 0.6) is 11.5 Å². The summed E-state index contributed by atoms with van der Waals surface area (Å²) in [6.45, 7) is 28.1. The summed E-state index contributed by atoms with van der Waals surface area (Å²) in [5.41, 5.74) is 8.52. The topological polar surface area (TPSA) is 9.23 Å². The molecule has 0 amide bonds. The third-order valence-corrected chi connectivity index (χ3v) is 9.48. The van der Waals surface area contributed by atoms with Crippen molar-refractivity contribution in [3.05, 3.63) is 57.6 Å². The standard InChI is InChI=1S/C36H58O/c1-13-23(7)29-19-31(25(9)15-3)35(32(20-29)26(10)16-4)37-36-33(27(11)17-5)21-30(24(8)14-2)22-34(36)28(12)18-6/h19-28H,13-18H2,1-12H3. The van der Waals surface area contributed by atoms with Crippen molar-refractivity contribution < 1.29 is 4.74 Å². The number of benzene rings is 2. The first-order chi connectivity index (χ1) is 17.6. The second kappa shape index (κ2) is 14.4. The van der Waals surface area contributed by atoms with Crippen molar-refractivity contribution in [1.82, 2.24) is 0 Å². The molecule has 0 saturated heterocycles. The molecule has 0 aliphatic carbocycles. The van der Waals surface area contributed by atoms with Gasteiger partial charge in [0.1, 0.15) is 11.5 Å². The number of hydrogen-bond donors (Lipinski definition) is 0. The Balaban J connectivity index is 2.94. The van der Waals surface area contributed by atoms with Gasteiger partial charge < -0.3 is 4.74 Å². The van der Waals surface area contributed by atoms with Gasteiger partial charge in [0.15, 0.2) is 0 Å². The minimum Gasteiger partial charge on any atom is -0.456 e. The molecular weight excluding hydrogens is 448 g/mol. The molecule has 0 spiro atoms. The zero-order valence-electron chi connectivity index (χ0n) is 26.4. The van der Waals surface area contributed by atoms with Crippen LogP contribution in [0.1, 0.15) is 190 Å². The van der Waals surface area contributed by atoms with Crippen molar-refractivity contribution in [2.24, 2.45) is 0 Å². The highest BCUT2D eigenvalue weighted by atomic mass is 16.5.